The first-order valence-electron chi connectivity index (χ1n) is 6.10. The number of rotatable bonds is 1. The Morgan fingerprint density at radius 2 is 1.89 bits per heavy atom. The van der Waals surface area contributed by atoms with Gasteiger partial charge in [0.15, 0.2) is 5.96 Å². The lowest BCUT2D eigenvalue weighted by molar-refractivity contribution is -0.142. The second kappa shape index (κ2) is 7.13. The van der Waals surface area contributed by atoms with Crippen molar-refractivity contribution < 1.29 is 9.53 Å². The van der Waals surface area contributed by atoms with Crippen LogP contribution in [0.5, 0.6) is 0 Å². The Hall–Kier alpha value is -0.570. The SMILES string of the molecule is CN=C(N)N1CCN(C(=O)C2CCCO2)CC1.I. The van der Waals surface area contributed by atoms with Crippen LogP contribution in [0, 0.1) is 0 Å². The van der Waals surface area contributed by atoms with Gasteiger partial charge in [0.05, 0.1) is 0 Å². The highest BCUT2D eigenvalue weighted by molar-refractivity contribution is 14.0. The van der Waals surface area contributed by atoms with Crippen molar-refractivity contribution in [3.05, 3.63) is 0 Å². The van der Waals surface area contributed by atoms with E-state index < -0.39 is 0 Å². The van der Waals surface area contributed by atoms with Crippen LogP contribution in [0.1, 0.15) is 12.8 Å². The van der Waals surface area contributed by atoms with Crippen molar-refractivity contribution >= 4 is 35.8 Å². The summed E-state index contributed by atoms with van der Waals surface area (Å²) in [6, 6.07) is 0. The van der Waals surface area contributed by atoms with Crippen molar-refractivity contribution in [2.45, 2.75) is 18.9 Å². The molecule has 0 aliphatic carbocycles. The number of piperazine rings is 1. The number of nitrogens with two attached hydrogens (primary N) is 1. The van der Waals surface area contributed by atoms with Gasteiger partial charge in [0.2, 0.25) is 0 Å². The van der Waals surface area contributed by atoms with E-state index in [0.717, 1.165) is 25.9 Å². The highest BCUT2D eigenvalue weighted by atomic mass is 127. The Balaban J connectivity index is 0.00000162. The zero-order chi connectivity index (χ0) is 12.3. The van der Waals surface area contributed by atoms with Gasteiger partial charge < -0.3 is 20.3 Å². The summed E-state index contributed by atoms with van der Waals surface area (Å²) in [7, 11) is 1.68. The molecular weight excluding hydrogens is 347 g/mol. The lowest BCUT2D eigenvalue weighted by atomic mass is 10.2. The number of halogens is 1. The molecule has 2 fully saturated rings. The largest absolute Gasteiger partial charge is 0.370 e. The molecule has 2 rings (SSSR count). The number of aliphatic imine (C=N–C) groups is 1. The zero-order valence-corrected chi connectivity index (χ0v) is 13.0. The van der Waals surface area contributed by atoms with E-state index in [9.17, 15) is 4.79 Å². The maximum atomic E-state index is 12.1. The van der Waals surface area contributed by atoms with Crippen LogP contribution in [-0.4, -0.2) is 67.6 Å². The van der Waals surface area contributed by atoms with Gasteiger partial charge in [-0.1, -0.05) is 0 Å². The van der Waals surface area contributed by atoms with Crippen molar-refractivity contribution in [3.8, 4) is 0 Å². The number of ether oxygens (including phenoxy) is 1. The highest BCUT2D eigenvalue weighted by Gasteiger charge is 2.30. The normalized spacial score (nSPS) is 24.9. The second-order valence-corrected chi connectivity index (χ2v) is 4.40. The fourth-order valence-corrected chi connectivity index (χ4v) is 2.27. The molecule has 18 heavy (non-hydrogen) atoms. The monoisotopic (exact) mass is 368 g/mol. The summed E-state index contributed by atoms with van der Waals surface area (Å²) in [4.78, 5) is 19.9. The van der Waals surface area contributed by atoms with Crippen LogP contribution in [0.4, 0.5) is 0 Å². The van der Waals surface area contributed by atoms with Gasteiger partial charge in [0.25, 0.3) is 5.91 Å². The summed E-state index contributed by atoms with van der Waals surface area (Å²) >= 11 is 0. The number of hydrogen-bond donors (Lipinski definition) is 1. The molecule has 2 heterocycles. The van der Waals surface area contributed by atoms with Gasteiger partial charge in [-0.2, -0.15) is 0 Å². The molecule has 2 aliphatic heterocycles. The smallest absolute Gasteiger partial charge is 0.251 e. The number of hydrogen-bond acceptors (Lipinski definition) is 3. The lowest BCUT2D eigenvalue weighted by Gasteiger charge is -2.36. The minimum atomic E-state index is -0.210. The third kappa shape index (κ3) is 3.47. The average Bonchev–Trinajstić information content (AvgIpc) is 2.91. The number of nitrogens with zero attached hydrogens (tertiary/aromatic N) is 3. The van der Waals surface area contributed by atoms with Gasteiger partial charge in [-0.3, -0.25) is 9.79 Å². The van der Waals surface area contributed by atoms with E-state index >= 15 is 0 Å². The molecule has 1 atom stereocenters. The number of amides is 1. The fraction of sp³-hybridized carbons (Fsp3) is 0.818. The van der Waals surface area contributed by atoms with Gasteiger partial charge in [-0.15, -0.1) is 24.0 Å². The van der Waals surface area contributed by atoms with E-state index in [2.05, 4.69) is 4.99 Å². The first-order chi connectivity index (χ1) is 8.22. The number of carbonyl (C=O) groups excluding carboxylic acids is 1. The third-order valence-corrected chi connectivity index (χ3v) is 3.35. The lowest BCUT2D eigenvalue weighted by Crippen LogP contribution is -2.54. The van der Waals surface area contributed by atoms with Crippen LogP contribution in [-0.2, 0) is 9.53 Å². The molecule has 0 radical (unpaired) electrons. The molecule has 0 spiro atoms. The van der Waals surface area contributed by atoms with Crippen LogP contribution >= 0.6 is 24.0 Å². The van der Waals surface area contributed by atoms with Crippen molar-refractivity contribution in [3.63, 3.8) is 0 Å². The molecular formula is C11H21IN4O2. The summed E-state index contributed by atoms with van der Waals surface area (Å²) in [5.74, 6) is 0.684. The maximum Gasteiger partial charge on any atom is 0.251 e. The summed E-state index contributed by atoms with van der Waals surface area (Å²) in [6.07, 6.45) is 1.64. The van der Waals surface area contributed by atoms with Gasteiger partial charge in [-0.25, -0.2) is 0 Å². The molecule has 0 bridgehead atoms. The molecule has 2 N–H and O–H groups in total. The van der Waals surface area contributed by atoms with E-state index in [1.165, 1.54) is 0 Å². The predicted octanol–water partition coefficient (Wildman–Crippen LogP) is -0.128. The van der Waals surface area contributed by atoms with Gasteiger partial charge >= 0.3 is 0 Å². The van der Waals surface area contributed by atoms with Crippen LogP contribution in [0.25, 0.3) is 0 Å². The predicted molar refractivity (Wildman–Crippen MR) is 80.1 cm³/mol. The Bertz CT molecular complexity index is 310. The van der Waals surface area contributed by atoms with Crippen LogP contribution < -0.4 is 5.73 Å². The Morgan fingerprint density at radius 3 is 2.39 bits per heavy atom. The third-order valence-electron chi connectivity index (χ3n) is 3.35. The van der Waals surface area contributed by atoms with E-state index in [4.69, 9.17) is 10.5 Å². The summed E-state index contributed by atoms with van der Waals surface area (Å²) in [5.41, 5.74) is 5.74. The fourth-order valence-electron chi connectivity index (χ4n) is 2.27. The van der Waals surface area contributed by atoms with Gasteiger partial charge in [0, 0.05) is 39.8 Å². The van der Waals surface area contributed by atoms with Crippen LogP contribution in [0.3, 0.4) is 0 Å². The number of carbonyl (C=O) groups is 1. The van der Waals surface area contributed by atoms with E-state index in [1.54, 1.807) is 7.05 Å². The molecule has 0 aromatic carbocycles. The molecule has 7 heteroatoms. The highest BCUT2D eigenvalue weighted by Crippen LogP contribution is 2.15. The molecule has 0 saturated carbocycles. The molecule has 6 nitrogen and oxygen atoms in total. The topological polar surface area (TPSA) is 71.2 Å². The first-order valence-corrected chi connectivity index (χ1v) is 6.10. The van der Waals surface area contributed by atoms with E-state index in [1.807, 2.05) is 9.80 Å². The molecule has 2 saturated heterocycles. The van der Waals surface area contributed by atoms with Crippen LogP contribution in [0.2, 0.25) is 0 Å². The van der Waals surface area contributed by atoms with E-state index in [0.29, 0.717) is 25.7 Å². The maximum absolute atomic E-state index is 12.1. The van der Waals surface area contributed by atoms with Crippen molar-refractivity contribution in [2.75, 3.05) is 39.8 Å². The van der Waals surface area contributed by atoms with E-state index in [-0.39, 0.29) is 36.0 Å². The Labute approximate surface area is 125 Å². The quantitative estimate of drug-likeness (QED) is 0.398. The molecule has 1 unspecified atom stereocenters. The summed E-state index contributed by atoms with van der Waals surface area (Å²) in [6.45, 7) is 3.62. The van der Waals surface area contributed by atoms with Crippen molar-refractivity contribution in [1.82, 2.24) is 9.80 Å². The molecule has 0 aromatic rings. The summed E-state index contributed by atoms with van der Waals surface area (Å²) < 4.78 is 5.41. The van der Waals surface area contributed by atoms with Gasteiger partial charge in [0.1, 0.15) is 6.10 Å². The minimum absolute atomic E-state index is 0. The summed E-state index contributed by atoms with van der Waals surface area (Å²) in [5, 5.41) is 0. The van der Waals surface area contributed by atoms with Crippen molar-refractivity contribution in [1.29, 1.82) is 0 Å². The molecule has 104 valence electrons. The standard InChI is InChI=1S/C11H20N4O2.HI/c1-13-11(12)15-6-4-14(5-7-15)10(16)9-3-2-8-17-9;/h9H,2-8H2,1H3,(H2,12,13);1H. The van der Waals surface area contributed by atoms with Gasteiger partial charge in [-0.05, 0) is 12.8 Å². The van der Waals surface area contributed by atoms with Crippen LogP contribution in [0.15, 0.2) is 4.99 Å². The average molecular weight is 368 g/mol. The zero-order valence-electron chi connectivity index (χ0n) is 10.7. The molecule has 1 amide bonds. The molecule has 0 aromatic heterocycles. The molecule has 2 aliphatic rings. The van der Waals surface area contributed by atoms with Crippen molar-refractivity contribution in [2.24, 2.45) is 10.7 Å². The first kappa shape index (κ1) is 15.5. The minimum Gasteiger partial charge on any atom is -0.370 e. The number of guanidine groups is 1. The second-order valence-electron chi connectivity index (χ2n) is 4.40. The Morgan fingerprint density at radius 1 is 1.28 bits per heavy atom. The Kier molecular flexibility index (Phi) is 6.13.